The van der Waals surface area contributed by atoms with Crippen molar-refractivity contribution in [1.82, 2.24) is 0 Å². The van der Waals surface area contributed by atoms with E-state index in [-0.39, 0.29) is 27.0 Å². The van der Waals surface area contributed by atoms with E-state index < -0.39 is 32.1 Å². The van der Waals surface area contributed by atoms with Crippen molar-refractivity contribution in [3.63, 3.8) is 0 Å². The average Bonchev–Trinajstić information content (AvgIpc) is 2.55. The number of nitrogens with zero attached hydrogens (tertiary/aromatic N) is 3. The van der Waals surface area contributed by atoms with E-state index >= 15 is 0 Å². The Kier molecular flexibility index (Phi) is 5.26. The van der Waals surface area contributed by atoms with E-state index in [1.807, 2.05) is 0 Å². The van der Waals surface area contributed by atoms with Gasteiger partial charge in [-0.25, -0.2) is 0 Å². The van der Waals surface area contributed by atoms with Gasteiger partial charge in [0.05, 0.1) is 26.0 Å². The van der Waals surface area contributed by atoms with Crippen LogP contribution >= 0.6 is 15.9 Å². The van der Waals surface area contributed by atoms with Crippen molar-refractivity contribution >= 4 is 44.6 Å². The Morgan fingerprint density at radius 3 is 1.92 bits per heavy atom. The third kappa shape index (κ3) is 3.80. The van der Waals surface area contributed by atoms with Crippen molar-refractivity contribution in [1.29, 1.82) is 0 Å². The van der Waals surface area contributed by atoms with Crippen molar-refractivity contribution in [2.45, 2.75) is 6.92 Å². The molecule has 2 rings (SSSR count). The Bertz CT molecular complexity index is 925. The van der Waals surface area contributed by atoms with Gasteiger partial charge in [0.15, 0.2) is 0 Å². The first-order valence-electron chi connectivity index (χ1n) is 6.80. The second-order valence-electron chi connectivity index (χ2n) is 5.03. The normalized spacial score (nSPS) is 10.2. The molecule has 134 valence electrons. The molecular weight excluding hydrogens is 416 g/mol. The zero-order chi connectivity index (χ0) is 19.6. The van der Waals surface area contributed by atoms with E-state index in [1.165, 1.54) is 13.0 Å². The number of hydrogen-bond donors (Lipinski definition) is 1. The second kappa shape index (κ2) is 7.23. The van der Waals surface area contributed by atoms with Crippen LogP contribution in [0.4, 0.5) is 22.7 Å². The standard InChI is InChI=1S/C14H9BrN4O7/c1-7-12(18(23)24)4-8(5-13(7)19(25)26)14(20)16-11-3-2-9(17(21)22)6-10(11)15/h2-6H,1H3,(H,16,20). The molecule has 0 saturated heterocycles. The van der Waals surface area contributed by atoms with Crippen molar-refractivity contribution in [3.05, 3.63) is 76.3 Å². The summed E-state index contributed by atoms with van der Waals surface area (Å²) in [6.45, 7) is 1.21. The van der Waals surface area contributed by atoms with Crippen LogP contribution in [-0.4, -0.2) is 20.7 Å². The van der Waals surface area contributed by atoms with Gasteiger partial charge in [0, 0.05) is 28.7 Å². The predicted octanol–water partition coefficient (Wildman–Crippen LogP) is 3.73. The lowest BCUT2D eigenvalue weighted by molar-refractivity contribution is -0.395. The molecule has 0 fully saturated rings. The number of nitrogens with one attached hydrogen (secondary N) is 1. The highest BCUT2D eigenvalue weighted by atomic mass is 79.9. The average molecular weight is 425 g/mol. The number of nitro benzene ring substituents is 3. The number of nitro groups is 3. The number of amides is 1. The van der Waals surface area contributed by atoms with Crippen LogP contribution in [0, 0.1) is 37.3 Å². The fraction of sp³-hybridized carbons (Fsp3) is 0.0714. The number of carbonyl (C=O) groups excluding carboxylic acids is 1. The molecule has 26 heavy (non-hydrogen) atoms. The number of hydrogen-bond acceptors (Lipinski definition) is 7. The van der Waals surface area contributed by atoms with Crippen LogP contribution in [0.1, 0.15) is 15.9 Å². The molecule has 2 aromatic rings. The number of benzene rings is 2. The summed E-state index contributed by atoms with van der Waals surface area (Å²) < 4.78 is 0.205. The first-order chi connectivity index (χ1) is 12.1. The Hall–Kier alpha value is -3.41. The molecule has 0 aliphatic heterocycles. The molecule has 0 radical (unpaired) electrons. The van der Waals surface area contributed by atoms with E-state index in [0.29, 0.717) is 0 Å². The van der Waals surface area contributed by atoms with Gasteiger partial charge in [-0.05, 0) is 28.9 Å². The zero-order valence-electron chi connectivity index (χ0n) is 13.0. The smallest absolute Gasteiger partial charge is 0.279 e. The quantitative estimate of drug-likeness (QED) is 0.564. The van der Waals surface area contributed by atoms with Crippen molar-refractivity contribution in [2.75, 3.05) is 5.32 Å². The van der Waals surface area contributed by atoms with Crippen molar-refractivity contribution in [3.8, 4) is 0 Å². The van der Waals surface area contributed by atoms with E-state index in [0.717, 1.165) is 24.3 Å². The van der Waals surface area contributed by atoms with E-state index in [9.17, 15) is 35.1 Å². The molecule has 0 saturated carbocycles. The molecule has 1 amide bonds. The Labute approximate surface area is 153 Å². The van der Waals surface area contributed by atoms with Crippen molar-refractivity contribution < 1.29 is 19.6 Å². The van der Waals surface area contributed by atoms with E-state index in [1.54, 1.807) is 0 Å². The molecule has 0 aromatic heterocycles. The molecule has 0 atom stereocenters. The van der Waals surface area contributed by atoms with Gasteiger partial charge < -0.3 is 5.32 Å². The van der Waals surface area contributed by atoms with Crippen LogP contribution in [0.2, 0.25) is 0 Å². The summed E-state index contributed by atoms with van der Waals surface area (Å²) in [4.78, 5) is 42.9. The van der Waals surface area contributed by atoms with Gasteiger partial charge >= 0.3 is 0 Å². The molecule has 11 nitrogen and oxygen atoms in total. The van der Waals surface area contributed by atoms with Gasteiger partial charge in [0.1, 0.15) is 5.56 Å². The maximum Gasteiger partial charge on any atom is 0.279 e. The maximum absolute atomic E-state index is 12.3. The molecule has 0 heterocycles. The lowest BCUT2D eigenvalue weighted by Gasteiger charge is -2.08. The van der Waals surface area contributed by atoms with Gasteiger partial charge in [-0.3, -0.25) is 35.1 Å². The Balaban J connectivity index is 2.43. The van der Waals surface area contributed by atoms with Gasteiger partial charge in [-0.1, -0.05) is 0 Å². The summed E-state index contributed by atoms with van der Waals surface area (Å²) in [5, 5.41) is 35.2. The topological polar surface area (TPSA) is 159 Å². The molecule has 1 N–H and O–H groups in total. The molecule has 0 unspecified atom stereocenters. The molecule has 12 heteroatoms. The summed E-state index contributed by atoms with van der Waals surface area (Å²) >= 11 is 3.07. The third-order valence-electron chi connectivity index (χ3n) is 3.42. The minimum absolute atomic E-state index is 0.159. The summed E-state index contributed by atoms with van der Waals surface area (Å²) in [6, 6.07) is 5.43. The summed E-state index contributed by atoms with van der Waals surface area (Å²) in [7, 11) is 0. The number of carbonyl (C=O) groups is 1. The van der Waals surface area contributed by atoms with Gasteiger partial charge in [-0.2, -0.15) is 0 Å². The van der Waals surface area contributed by atoms with Gasteiger partial charge in [0.2, 0.25) is 0 Å². The van der Waals surface area contributed by atoms with Crippen molar-refractivity contribution in [2.24, 2.45) is 0 Å². The largest absolute Gasteiger partial charge is 0.321 e. The van der Waals surface area contributed by atoms with Crippen LogP contribution in [0.25, 0.3) is 0 Å². The third-order valence-corrected chi connectivity index (χ3v) is 4.08. The first kappa shape index (κ1) is 18.9. The highest BCUT2D eigenvalue weighted by molar-refractivity contribution is 9.10. The number of rotatable bonds is 5. The van der Waals surface area contributed by atoms with E-state index in [4.69, 9.17) is 0 Å². The molecule has 0 aliphatic carbocycles. The lowest BCUT2D eigenvalue weighted by atomic mass is 10.1. The predicted molar refractivity (Wildman–Crippen MR) is 93.2 cm³/mol. The highest BCUT2D eigenvalue weighted by Crippen LogP contribution is 2.31. The van der Waals surface area contributed by atoms with Gasteiger partial charge in [0.25, 0.3) is 23.0 Å². The Morgan fingerprint density at radius 2 is 1.50 bits per heavy atom. The number of non-ortho nitro benzene ring substituents is 1. The van der Waals surface area contributed by atoms with Crippen LogP contribution < -0.4 is 5.32 Å². The summed E-state index contributed by atoms with van der Waals surface area (Å²) in [5.74, 6) is -0.842. The maximum atomic E-state index is 12.3. The van der Waals surface area contributed by atoms with Crippen LogP contribution in [0.5, 0.6) is 0 Å². The molecule has 2 aromatic carbocycles. The molecule has 0 spiro atoms. The highest BCUT2D eigenvalue weighted by Gasteiger charge is 2.25. The summed E-state index contributed by atoms with van der Waals surface area (Å²) in [5.41, 5.74) is -1.64. The van der Waals surface area contributed by atoms with E-state index in [2.05, 4.69) is 21.2 Å². The Morgan fingerprint density at radius 1 is 0.962 bits per heavy atom. The monoisotopic (exact) mass is 424 g/mol. The minimum Gasteiger partial charge on any atom is -0.321 e. The molecule has 0 bridgehead atoms. The fourth-order valence-electron chi connectivity index (χ4n) is 2.11. The lowest BCUT2D eigenvalue weighted by Crippen LogP contribution is -2.13. The molecular formula is C14H9BrN4O7. The summed E-state index contributed by atoms with van der Waals surface area (Å²) in [6.07, 6.45) is 0. The molecule has 0 aliphatic rings. The SMILES string of the molecule is Cc1c([N+](=O)[O-])cc(C(=O)Nc2ccc([N+](=O)[O-])cc2Br)cc1[N+](=O)[O-]. The second-order valence-corrected chi connectivity index (χ2v) is 5.88. The van der Waals surface area contributed by atoms with Crippen LogP contribution in [0.15, 0.2) is 34.8 Å². The van der Waals surface area contributed by atoms with Gasteiger partial charge in [-0.15, -0.1) is 0 Å². The number of anilines is 1. The number of halogens is 1. The first-order valence-corrected chi connectivity index (χ1v) is 7.60. The zero-order valence-corrected chi connectivity index (χ0v) is 14.6. The van der Waals surface area contributed by atoms with Crippen LogP contribution in [-0.2, 0) is 0 Å². The fourth-order valence-corrected chi connectivity index (χ4v) is 2.57. The minimum atomic E-state index is -0.842. The van der Waals surface area contributed by atoms with Crippen LogP contribution in [0.3, 0.4) is 0 Å².